The van der Waals surface area contributed by atoms with Crippen molar-refractivity contribution < 1.29 is 40.7 Å². The van der Waals surface area contributed by atoms with Crippen LogP contribution in [0.4, 0.5) is 23.7 Å². The van der Waals surface area contributed by atoms with E-state index in [1.54, 1.807) is 6.07 Å². The summed E-state index contributed by atoms with van der Waals surface area (Å²) in [4.78, 5) is 23.4. The van der Waals surface area contributed by atoms with Gasteiger partial charge >= 0.3 is 12.2 Å². The number of amides is 2. The number of hydrogen-bond acceptors (Lipinski definition) is 6. The second-order valence-corrected chi connectivity index (χ2v) is 9.87. The third-order valence-electron chi connectivity index (χ3n) is 5.02. The number of furan rings is 1. The highest BCUT2D eigenvalue weighted by atomic mass is 35.5. The van der Waals surface area contributed by atoms with E-state index in [2.05, 4.69) is 10.6 Å². The van der Waals surface area contributed by atoms with Gasteiger partial charge in [0, 0.05) is 6.42 Å². The molecule has 1 aromatic heterocycles. The van der Waals surface area contributed by atoms with Crippen LogP contribution in [-0.2, 0) is 21.1 Å². The standard InChI is InChI=1S/C20H20ClF3N2O6S/c21-13-4-5-14(25-19(29)26-15-3-1-2-11-7-9-32-17(11)15)16(28)18(13)33(30,31)10-12(27)6-8-20(22,23)24/h4-5,7,9,15,28H,1-3,6,8,10H2,(H2,25,26,29)/t15-/m1/s1. The van der Waals surface area contributed by atoms with Crippen molar-refractivity contribution in [2.75, 3.05) is 11.1 Å². The van der Waals surface area contributed by atoms with Crippen LogP contribution in [0.1, 0.15) is 43.0 Å². The summed E-state index contributed by atoms with van der Waals surface area (Å²) in [7, 11) is -4.59. The molecule has 3 rings (SSSR count). The van der Waals surface area contributed by atoms with Crippen LogP contribution in [0.25, 0.3) is 0 Å². The minimum absolute atomic E-state index is 0.311. The number of aromatic hydroxyl groups is 1. The van der Waals surface area contributed by atoms with Gasteiger partial charge in [0.25, 0.3) is 0 Å². The number of ketones is 1. The number of rotatable bonds is 7. The number of Topliss-reactive ketones (excluding diaryl/α,β-unsaturated/α-hetero) is 1. The largest absolute Gasteiger partial charge is 0.504 e. The van der Waals surface area contributed by atoms with Gasteiger partial charge in [-0.15, -0.1) is 0 Å². The van der Waals surface area contributed by atoms with Gasteiger partial charge in [-0.1, -0.05) is 11.6 Å². The average molecular weight is 509 g/mol. The molecule has 0 aliphatic heterocycles. The molecule has 3 N–H and O–H groups in total. The molecule has 0 saturated carbocycles. The molecule has 13 heteroatoms. The van der Waals surface area contributed by atoms with E-state index in [0.717, 1.165) is 30.5 Å². The smallest absolute Gasteiger partial charge is 0.389 e. The summed E-state index contributed by atoms with van der Waals surface area (Å²) >= 11 is 5.88. The monoisotopic (exact) mass is 508 g/mol. The maximum absolute atomic E-state index is 12.6. The molecule has 0 spiro atoms. The first-order valence-corrected chi connectivity index (χ1v) is 11.9. The zero-order valence-corrected chi connectivity index (χ0v) is 18.6. The van der Waals surface area contributed by atoms with Crippen molar-refractivity contribution >= 4 is 38.9 Å². The second-order valence-electron chi connectivity index (χ2n) is 7.54. The SMILES string of the molecule is O=C(CCC(F)(F)F)CS(=O)(=O)c1c(Cl)ccc(NC(=O)N[C@@H]2CCCc3ccoc32)c1O. The lowest BCUT2D eigenvalue weighted by Crippen LogP contribution is -2.34. The Morgan fingerprint density at radius 1 is 1.24 bits per heavy atom. The van der Waals surface area contributed by atoms with Crippen molar-refractivity contribution in [1.82, 2.24) is 5.32 Å². The number of benzene rings is 1. The molecule has 1 aromatic carbocycles. The number of sulfone groups is 1. The van der Waals surface area contributed by atoms with E-state index in [-0.39, 0.29) is 5.69 Å². The molecular formula is C20H20ClF3N2O6S. The fourth-order valence-corrected chi connectivity index (χ4v) is 5.51. The highest BCUT2D eigenvalue weighted by Crippen LogP contribution is 2.38. The van der Waals surface area contributed by atoms with Gasteiger partial charge in [-0.25, -0.2) is 13.2 Å². The topological polar surface area (TPSA) is 126 Å². The fourth-order valence-electron chi connectivity index (χ4n) is 3.52. The molecular weight excluding hydrogens is 489 g/mol. The van der Waals surface area contributed by atoms with E-state index in [9.17, 15) is 36.3 Å². The molecule has 0 saturated heterocycles. The number of phenols is 1. The maximum Gasteiger partial charge on any atom is 0.389 e. The van der Waals surface area contributed by atoms with E-state index in [4.69, 9.17) is 16.0 Å². The van der Waals surface area contributed by atoms with Crippen molar-refractivity contribution in [1.29, 1.82) is 0 Å². The summed E-state index contributed by atoms with van der Waals surface area (Å²) in [6, 6.07) is 2.86. The van der Waals surface area contributed by atoms with Crippen LogP contribution in [-0.4, -0.2) is 37.3 Å². The van der Waals surface area contributed by atoms with Crippen LogP contribution in [0, 0.1) is 0 Å². The molecule has 1 aliphatic rings. The summed E-state index contributed by atoms with van der Waals surface area (Å²) < 4.78 is 67.5. The molecule has 180 valence electrons. The van der Waals surface area contributed by atoms with Gasteiger partial charge in [0.15, 0.2) is 15.6 Å². The molecule has 8 nitrogen and oxygen atoms in total. The number of carbonyl (C=O) groups is 2. The van der Waals surface area contributed by atoms with Crippen molar-refractivity contribution in [3.8, 4) is 5.75 Å². The molecule has 0 radical (unpaired) electrons. The van der Waals surface area contributed by atoms with Gasteiger partial charge in [-0.05, 0) is 43.0 Å². The van der Waals surface area contributed by atoms with E-state index in [1.807, 2.05) is 0 Å². The molecule has 1 aliphatic carbocycles. The van der Waals surface area contributed by atoms with E-state index in [0.29, 0.717) is 12.2 Å². The minimum Gasteiger partial charge on any atom is -0.504 e. The van der Waals surface area contributed by atoms with Crippen LogP contribution in [0.15, 0.2) is 33.8 Å². The number of carbonyl (C=O) groups excluding carboxylic acids is 2. The lowest BCUT2D eigenvalue weighted by atomic mass is 9.94. The minimum atomic E-state index is -4.62. The average Bonchev–Trinajstić information content (AvgIpc) is 3.17. The Morgan fingerprint density at radius 3 is 2.67 bits per heavy atom. The summed E-state index contributed by atoms with van der Waals surface area (Å²) in [5.41, 5.74) is 0.651. The Kier molecular flexibility index (Phi) is 7.27. The van der Waals surface area contributed by atoms with Crippen LogP contribution in [0.2, 0.25) is 5.02 Å². The lowest BCUT2D eigenvalue weighted by molar-refractivity contribution is -0.142. The predicted octanol–water partition coefficient (Wildman–Crippen LogP) is 4.52. The third kappa shape index (κ3) is 6.20. The molecule has 33 heavy (non-hydrogen) atoms. The molecule has 0 unspecified atom stereocenters. The summed E-state index contributed by atoms with van der Waals surface area (Å²) in [5.74, 6) is -2.79. The van der Waals surface area contributed by atoms with Gasteiger partial charge in [0.05, 0.1) is 29.4 Å². The van der Waals surface area contributed by atoms with E-state index in [1.165, 1.54) is 6.26 Å². The molecule has 1 heterocycles. The summed E-state index contributed by atoms with van der Waals surface area (Å²) in [5, 5.41) is 15.0. The Balaban J connectivity index is 1.74. The molecule has 2 aromatic rings. The Morgan fingerprint density at radius 2 is 1.97 bits per heavy atom. The zero-order chi connectivity index (χ0) is 24.4. The first-order valence-electron chi connectivity index (χ1n) is 9.84. The summed E-state index contributed by atoms with van der Waals surface area (Å²) in [6.45, 7) is 0. The normalized spacial score (nSPS) is 16.2. The lowest BCUT2D eigenvalue weighted by Gasteiger charge is -2.22. The molecule has 1 atom stereocenters. The highest BCUT2D eigenvalue weighted by Gasteiger charge is 2.32. The number of anilines is 1. The van der Waals surface area contributed by atoms with Crippen LogP contribution in [0.3, 0.4) is 0 Å². The Bertz CT molecular complexity index is 1160. The number of hydrogen-bond donors (Lipinski definition) is 3. The van der Waals surface area contributed by atoms with Crippen LogP contribution >= 0.6 is 11.6 Å². The van der Waals surface area contributed by atoms with Crippen LogP contribution in [0.5, 0.6) is 5.75 Å². The zero-order valence-electron chi connectivity index (χ0n) is 17.0. The van der Waals surface area contributed by atoms with Gasteiger partial charge in [0.2, 0.25) is 0 Å². The second kappa shape index (κ2) is 9.64. The number of phenolic OH excluding ortho intramolecular Hbond substituents is 1. The van der Waals surface area contributed by atoms with E-state index < -0.39 is 68.1 Å². The number of halogens is 4. The predicted molar refractivity (Wildman–Crippen MR) is 112 cm³/mol. The summed E-state index contributed by atoms with van der Waals surface area (Å²) in [6.07, 6.45) is -3.37. The van der Waals surface area contributed by atoms with Crippen molar-refractivity contribution in [2.24, 2.45) is 0 Å². The first-order chi connectivity index (χ1) is 15.4. The van der Waals surface area contributed by atoms with Crippen molar-refractivity contribution in [3.63, 3.8) is 0 Å². The van der Waals surface area contributed by atoms with Crippen molar-refractivity contribution in [2.45, 2.75) is 49.2 Å². The number of aryl methyl sites for hydroxylation is 1. The number of alkyl halides is 3. The quantitative estimate of drug-likeness (QED) is 0.472. The highest BCUT2D eigenvalue weighted by molar-refractivity contribution is 7.92. The maximum atomic E-state index is 12.6. The number of fused-ring (bicyclic) bond motifs is 1. The molecule has 2 amide bonds. The first kappa shape index (κ1) is 24.9. The Hall–Kier alpha value is -2.73. The van der Waals surface area contributed by atoms with E-state index >= 15 is 0 Å². The fraction of sp³-hybridized carbons (Fsp3) is 0.400. The molecule has 0 fully saturated rings. The van der Waals surface area contributed by atoms with Crippen molar-refractivity contribution in [3.05, 3.63) is 40.8 Å². The number of urea groups is 1. The number of nitrogens with one attached hydrogen (secondary N) is 2. The Labute approximate surface area is 192 Å². The van der Waals surface area contributed by atoms with Crippen LogP contribution < -0.4 is 10.6 Å². The van der Waals surface area contributed by atoms with Gasteiger partial charge in [0.1, 0.15) is 22.2 Å². The van der Waals surface area contributed by atoms with Gasteiger partial charge in [-0.2, -0.15) is 13.2 Å². The molecule has 0 bridgehead atoms. The van der Waals surface area contributed by atoms with Gasteiger partial charge in [-0.3, -0.25) is 4.79 Å². The van der Waals surface area contributed by atoms with Gasteiger partial charge < -0.3 is 20.2 Å². The third-order valence-corrected chi connectivity index (χ3v) is 7.19.